The molecule has 0 fully saturated rings. The van der Waals surface area contributed by atoms with E-state index in [1.54, 1.807) is 12.1 Å². The van der Waals surface area contributed by atoms with Crippen LogP contribution in [-0.2, 0) is 0 Å². The van der Waals surface area contributed by atoms with E-state index < -0.39 is 5.82 Å². The Balaban J connectivity index is 2.28. The molecule has 84 valence electrons. The molecule has 1 N–H and O–H groups in total. The highest BCUT2D eigenvalue weighted by Crippen LogP contribution is 2.25. The average molecular weight is 248 g/mol. The monoisotopic (exact) mass is 247 g/mol. The van der Waals surface area contributed by atoms with E-state index in [0.717, 1.165) is 0 Å². The van der Waals surface area contributed by atoms with Crippen LogP contribution in [0, 0.1) is 17.1 Å². The van der Waals surface area contributed by atoms with Gasteiger partial charge in [-0.1, -0.05) is 11.6 Å². The summed E-state index contributed by atoms with van der Waals surface area (Å²) in [6.45, 7) is 0. The number of hydrogen-bond donors (Lipinski definition) is 1. The van der Waals surface area contributed by atoms with Crippen LogP contribution in [0.4, 0.5) is 15.8 Å². The maximum atomic E-state index is 12.8. The first-order valence-electron chi connectivity index (χ1n) is 4.77. The fourth-order valence-electron chi connectivity index (χ4n) is 1.32. The SMILES string of the molecule is N#Cc1cc(Nc2ccc(F)cc2Cl)ccn1. The quantitative estimate of drug-likeness (QED) is 0.884. The number of benzene rings is 1. The second-order valence-corrected chi connectivity index (χ2v) is 3.70. The van der Waals surface area contributed by atoms with Crippen LogP contribution in [0.2, 0.25) is 5.02 Å². The third-order valence-electron chi connectivity index (χ3n) is 2.08. The fraction of sp³-hybridized carbons (Fsp3) is 0. The van der Waals surface area contributed by atoms with Crippen molar-refractivity contribution in [2.24, 2.45) is 0 Å². The molecule has 1 aromatic carbocycles. The van der Waals surface area contributed by atoms with Gasteiger partial charge in [0, 0.05) is 11.9 Å². The van der Waals surface area contributed by atoms with Crippen molar-refractivity contribution in [1.82, 2.24) is 4.98 Å². The van der Waals surface area contributed by atoms with Gasteiger partial charge in [0.05, 0.1) is 10.7 Å². The molecule has 1 heterocycles. The van der Waals surface area contributed by atoms with Gasteiger partial charge < -0.3 is 5.32 Å². The first-order chi connectivity index (χ1) is 8.19. The number of rotatable bonds is 2. The molecule has 2 rings (SSSR count). The van der Waals surface area contributed by atoms with Gasteiger partial charge in [0.2, 0.25) is 0 Å². The zero-order valence-corrected chi connectivity index (χ0v) is 9.37. The number of aromatic nitrogens is 1. The average Bonchev–Trinajstić information content (AvgIpc) is 2.33. The van der Waals surface area contributed by atoms with E-state index in [1.165, 1.54) is 24.4 Å². The van der Waals surface area contributed by atoms with Crippen molar-refractivity contribution in [1.29, 1.82) is 5.26 Å². The van der Waals surface area contributed by atoms with Crippen molar-refractivity contribution in [2.45, 2.75) is 0 Å². The summed E-state index contributed by atoms with van der Waals surface area (Å²) in [6, 6.07) is 9.27. The molecule has 3 nitrogen and oxygen atoms in total. The minimum absolute atomic E-state index is 0.278. The third kappa shape index (κ3) is 2.71. The highest BCUT2D eigenvalue weighted by molar-refractivity contribution is 6.33. The van der Waals surface area contributed by atoms with Crippen LogP contribution in [0.1, 0.15) is 5.69 Å². The Kier molecular flexibility index (Phi) is 3.22. The van der Waals surface area contributed by atoms with Crippen LogP contribution in [0.15, 0.2) is 36.5 Å². The van der Waals surface area contributed by atoms with Crippen molar-refractivity contribution < 1.29 is 4.39 Å². The molecule has 0 saturated carbocycles. The molecule has 5 heteroatoms. The van der Waals surface area contributed by atoms with Gasteiger partial charge in [0.1, 0.15) is 17.6 Å². The smallest absolute Gasteiger partial charge is 0.142 e. The van der Waals surface area contributed by atoms with Gasteiger partial charge in [-0.05, 0) is 30.3 Å². The molecule has 0 saturated heterocycles. The Hall–Kier alpha value is -2.12. The van der Waals surface area contributed by atoms with E-state index in [2.05, 4.69) is 10.3 Å². The molecule has 0 aliphatic carbocycles. The van der Waals surface area contributed by atoms with E-state index in [9.17, 15) is 4.39 Å². The van der Waals surface area contributed by atoms with Crippen molar-refractivity contribution in [3.05, 3.63) is 53.1 Å². The number of nitrogens with one attached hydrogen (secondary N) is 1. The van der Waals surface area contributed by atoms with Crippen molar-refractivity contribution in [2.75, 3.05) is 5.32 Å². The van der Waals surface area contributed by atoms with Crippen LogP contribution in [0.5, 0.6) is 0 Å². The van der Waals surface area contributed by atoms with Gasteiger partial charge in [-0.3, -0.25) is 0 Å². The van der Waals surface area contributed by atoms with Crippen LogP contribution >= 0.6 is 11.6 Å². The standard InChI is InChI=1S/C12H7ClFN3/c13-11-5-8(14)1-2-12(11)17-9-3-4-16-10(6-9)7-15/h1-6H,(H,16,17). The first kappa shape index (κ1) is 11.4. The lowest BCUT2D eigenvalue weighted by molar-refractivity contribution is 0.628. The summed E-state index contributed by atoms with van der Waals surface area (Å²) in [5, 5.41) is 12.0. The highest BCUT2D eigenvalue weighted by atomic mass is 35.5. The molecule has 0 aliphatic heterocycles. The predicted molar refractivity (Wildman–Crippen MR) is 63.6 cm³/mol. The number of nitrogens with zero attached hydrogens (tertiary/aromatic N) is 2. The summed E-state index contributed by atoms with van der Waals surface area (Å²) in [5.74, 6) is -0.395. The van der Waals surface area contributed by atoms with Crippen LogP contribution in [-0.4, -0.2) is 4.98 Å². The van der Waals surface area contributed by atoms with E-state index in [1.807, 2.05) is 6.07 Å². The predicted octanol–water partition coefficient (Wildman–Crippen LogP) is 3.49. The van der Waals surface area contributed by atoms with Gasteiger partial charge in [-0.25, -0.2) is 9.37 Å². The Morgan fingerprint density at radius 1 is 1.29 bits per heavy atom. The first-order valence-corrected chi connectivity index (χ1v) is 5.15. The van der Waals surface area contributed by atoms with E-state index in [4.69, 9.17) is 16.9 Å². The summed E-state index contributed by atoms with van der Waals surface area (Å²) < 4.78 is 12.8. The Bertz CT molecular complexity index is 593. The molecule has 1 aromatic heterocycles. The van der Waals surface area contributed by atoms with Crippen molar-refractivity contribution in [3.63, 3.8) is 0 Å². The van der Waals surface area contributed by atoms with Crippen LogP contribution in [0.3, 0.4) is 0 Å². The van der Waals surface area contributed by atoms with Gasteiger partial charge in [-0.2, -0.15) is 5.26 Å². The van der Waals surface area contributed by atoms with Gasteiger partial charge in [0.25, 0.3) is 0 Å². The summed E-state index contributed by atoms with van der Waals surface area (Å²) in [7, 11) is 0. The molecule has 17 heavy (non-hydrogen) atoms. The number of halogens is 2. The lowest BCUT2D eigenvalue weighted by Gasteiger charge is -2.08. The van der Waals surface area contributed by atoms with E-state index >= 15 is 0 Å². The van der Waals surface area contributed by atoms with Gasteiger partial charge in [-0.15, -0.1) is 0 Å². The molecule has 0 unspecified atom stereocenters. The topological polar surface area (TPSA) is 48.7 Å². The Morgan fingerprint density at radius 3 is 2.82 bits per heavy atom. The summed E-state index contributed by atoms with van der Waals surface area (Å²) >= 11 is 5.87. The summed E-state index contributed by atoms with van der Waals surface area (Å²) in [4.78, 5) is 3.84. The maximum absolute atomic E-state index is 12.8. The maximum Gasteiger partial charge on any atom is 0.142 e. The molecule has 0 aliphatic rings. The number of anilines is 2. The Morgan fingerprint density at radius 2 is 2.12 bits per heavy atom. The minimum Gasteiger partial charge on any atom is -0.354 e. The normalized spacial score (nSPS) is 9.71. The van der Waals surface area contributed by atoms with E-state index in [0.29, 0.717) is 17.1 Å². The number of hydrogen-bond acceptors (Lipinski definition) is 3. The molecule has 0 spiro atoms. The minimum atomic E-state index is -0.395. The molecular formula is C12H7ClFN3. The second-order valence-electron chi connectivity index (χ2n) is 3.29. The zero-order chi connectivity index (χ0) is 12.3. The zero-order valence-electron chi connectivity index (χ0n) is 8.61. The van der Waals surface area contributed by atoms with Crippen LogP contribution in [0.25, 0.3) is 0 Å². The van der Waals surface area contributed by atoms with Gasteiger partial charge in [0.15, 0.2) is 0 Å². The molecule has 0 bridgehead atoms. The third-order valence-corrected chi connectivity index (χ3v) is 2.40. The number of pyridine rings is 1. The molecule has 0 amide bonds. The largest absolute Gasteiger partial charge is 0.354 e. The fourth-order valence-corrected chi connectivity index (χ4v) is 1.53. The molecule has 2 aromatic rings. The lowest BCUT2D eigenvalue weighted by Crippen LogP contribution is -1.93. The van der Waals surface area contributed by atoms with Crippen LogP contribution < -0.4 is 5.32 Å². The summed E-state index contributed by atoms with van der Waals surface area (Å²) in [6.07, 6.45) is 1.51. The Labute approximate surface area is 102 Å². The van der Waals surface area contributed by atoms with Crippen molar-refractivity contribution >= 4 is 23.0 Å². The molecular weight excluding hydrogens is 241 g/mol. The molecule has 0 atom stereocenters. The highest BCUT2D eigenvalue weighted by Gasteiger charge is 2.03. The lowest BCUT2D eigenvalue weighted by atomic mass is 10.2. The molecule has 0 radical (unpaired) electrons. The van der Waals surface area contributed by atoms with E-state index in [-0.39, 0.29) is 5.02 Å². The van der Waals surface area contributed by atoms with Crippen molar-refractivity contribution in [3.8, 4) is 6.07 Å². The summed E-state index contributed by atoms with van der Waals surface area (Å²) in [5.41, 5.74) is 1.54. The second kappa shape index (κ2) is 4.81. The number of nitriles is 1. The van der Waals surface area contributed by atoms with Gasteiger partial charge >= 0.3 is 0 Å².